The molecule has 104 valence electrons. The molecule has 8 heteroatoms. The van der Waals surface area contributed by atoms with Crippen molar-refractivity contribution in [3.8, 4) is 0 Å². The van der Waals surface area contributed by atoms with Crippen LogP contribution >= 0.6 is 11.3 Å². The van der Waals surface area contributed by atoms with Gasteiger partial charge in [0.15, 0.2) is 0 Å². The molecule has 0 saturated heterocycles. The van der Waals surface area contributed by atoms with Crippen molar-refractivity contribution in [2.24, 2.45) is 0 Å². The van der Waals surface area contributed by atoms with Gasteiger partial charge in [-0.3, -0.25) is 10.1 Å². The van der Waals surface area contributed by atoms with Crippen molar-refractivity contribution in [2.75, 3.05) is 11.9 Å². The molecule has 7 nitrogen and oxygen atoms in total. The highest BCUT2D eigenvalue weighted by molar-refractivity contribution is 7.07. The molecule has 0 radical (unpaired) electrons. The number of aromatic nitrogens is 1. The van der Waals surface area contributed by atoms with Crippen molar-refractivity contribution in [1.82, 2.24) is 4.98 Å². The van der Waals surface area contributed by atoms with Crippen molar-refractivity contribution in [2.45, 2.75) is 6.42 Å². The highest BCUT2D eigenvalue weighted by Gasteiger charge is 2.16. The Balaban J connectivity index is 2.10. The number of nitrogens with zero attached hydrogens (tertiary/aromatic N) is 2. The second-order valence-electron chi connectivity index (χ2n) is 3.95. The first-order valence-corrected chi connectivity index (χ1v) is 6.65. The first kappa shape index (κ1) is 13.9. The maximum atomic E-state index is 11.0. The van der Waals surface area contributed by atoms with Crippen molar-refractivity contribution in [3.05, 3.63) is 50.5 Å². The molecule has 1 aromatic carbocycles. The van der Waals surface area contributed by atoms with E-state index in [4.69, 9.17) is 5.11 Å². The van der Waals surface area contributed by atoms with Crippen LogP contribution in [0.5, 0.6) is 0 Å². The largest absolute Gasteiger partial charge is 0.478 e. The number of nitro benzene ring substituents is 1. The SMILES string of the molecule is O=C(O)c1ccc(NCCc2cscn2)c([N+](=O)[O-])c1. The minimum atomic E-state index is -1.19. The van der Waals surface area contributed by atoms with Crippen molar-refractivity contribution in [1.29, 1.82) is 0 Å². The van der Waals surface area contributed by atoms with Crippen LogP contribution < -0.4 is 5.32 Å². The molecule has 0 fully saturated rings. The van der Waals surface area contributed by atoms with Crippen molar-refractivity contribution in [3.63, 3.8) is 0 Å². The molecular weight excluding hydrogens is 282 g/mol. The Morgan fingerprint density at radius 1 is 1.50 bits per heavy atom. The number of hydrogen-bond acceptors (Lipinski definition) is 6. The fraction of sp³-hybridized carbons (Fsp3) is 0.167. The van der Waals surface area contributed by atoms with Gasteiger partial charge < -0.3 is 10.4 Å². The molecular formula is C12H11N3O4S. The Kier molecular flexibility index (Phi) is 4.26. The van der Waals surface area contributed by atoms with E-state index >= 15 is 0 Å². The number of thiazole rings is 1. The summed E-state index contributed by atoms with van der Waals surface area (Å²) in [7, 11) is 0. The number of carbonyl (C=O) groups is 1. The van der Waals surface area contributed by atoms with E-state index in [-0.39, 0.29) is 11.3 Å². The molecule has 2 rings (SSSR count). The third-order valence-electron chi connectivity index (χ3n) is 2.62. The Morgan fingerprint density at radius 2 is 2.30 bits per heavy atom. The zero-order valence-electron chi connectivity index (χ0n) is 10.3. The van der Waals surface area contributed by atoms with Crippen LogP contribution in [-0.4, -0.2) is 27.5 Å². The molecule has 0 amide bonds. The summed E-state index contributed by atoms with van der Waals surface area (Å²) in [5.74, 6) is -1.19. The molecule has 0 spiro atoms. The molecule has 0 atom stereocenters. The number of nitro groups is 1. The topological polar surface area (TPSA) is 105 Å². The number of aromatic carboxylic acids is 1. The average Bonchev–Trinajstić information content (AvgIpc) is 2.91. The first-order chi connectivity index (χ1) is 9.58. The molecule has 1 heterocycles. The van der Waals surface area contributed by atoms with Gasteiger partial charge in [0.1, 0.15) is 5.69 Å². The third-order valence-corrected chi connectivity index (χ3v) is 3.26. The number of carboxylic acids is 1. The number of rotatable bonds is 6. The molecule has 2 N–H and O–H groups in total. The van der Waals surface area contributed by atoms with Crippen LogP contribution in [0.1, 0.15) is 16.1 Å². The summed E-state index contributed by atoms with van der Waals surface area (Å²) in [6.07, 6.45) is 0.640. The van der Waals surface area contributed by atoms with E-state index in [0.717, 1.165) is 11.8 Å². The quantitative estimate of drug-likeness (QED) is 0.626. The van der Waals surface area contributed by atoms with Crippen LogP contribution in [0.2, 0.25) is 0 Å². The van der Waals surface area contributed by atoms with Crippen LogP contribution in [-0.2, 0) is 6.42 Å². The normalized spacial score (nSPS) is 10.2. The Hall–Kier alpha value is -2.48. The van der Waals surface area contributed by atoms with E-state index in [0.29, 0.717) is 18.7 Å². The van der Waals surface area contributed by atoms with Crippen LogP contribution in [0.4, 0.5) is 11.4 Å². The Morgan fingerprint density at radius 3 is 2.90 bits per heavy atom. The predicted octanol–water partition coefficient (Wildman–Crippen LogP) is 2.40. The van der Waals surface area contributed by atoms with E-state index in [9.17, 15) is 14.9 Å². The lowest BCUT2D eigenvalue weighted by Crippen LogP contribution is -2.08. The van der Waals surface area contributed by atoms with Crippen LogP contribution in [0.3, 0.4) is 0 Å². The molecule has 0 aliphatic rings. The molecule has 20 heavy (non-hydrogen) atoms. The number of hydrogen-bond donors (Lipinski definition) is 2. The fourth-order valence-corrected chi connectivity index (χ4v) is 2.24. The van der Waals surface area contributed by atoms with Crippen molar-refractivity contribution >= 4 is 28.7 Å². The molecule has 0 aliphatic carbocycles. The number of carboxylic acid groups (broad SMARTS) is 1. The molecule has 0 unspecified atom stereocenters. The molecule has 0 aliphatic heterocycles. The smallest absolute Gasteiger partial charge is 0.335 e. The van der Waals surface area contributed by atoms with Gasteiger partial charge in [0, 0.05) is 24.4 Å². The van der Waals surface area contributed by atoms with E-state index in [2.05, 4.69) is 10.3 Å². The van der Waals surface area contributed by atoms with Crippen LogP contribution in [0.15, 0.2) is 29.1 Å². The summed E-state index contributed by atoms with van der Waals surface area (Å²) in [5.41, 5.74) is 2.58. The summed E-state index contributed by atoms with van der Waals surface area (Å²) < 4.78 is 0. The van der Waals surface area contributed by atoms with Crippen LogP contribution in [0.25, 0.3) is 0 Å². The lowest BCUT2D eigenvalue weighted by Gasteiger charge is -2.06. The standard InChI is InChI=1S/C12H11N3O4S/c16-12(17)8-1-2-10(11(5-8)15(18)19)13-4-3-9-6-20-7-14-9/h1-2,5-7,13H,3-4H2,(H,16,17). The Labute approximate surface area is 118 Å². The van der Waals surface area contributed by atoms with Gasteiger partial charge >= 0.3 is 5.97 Å². The zero-order valence-corrected chi connectivity index (χ0v) is 11.1. The lowest BCUT2D eigenvalue weighted by atomic mass is 10.1. The van der Waals surface area contributed by atoms with Gasteiger partial charge in [0.05, 0.1) is 21.7 Å². The van der Waals surface area contributed by atoms with Gasteiger partial charge in [0.2, 0.25) is 0 Å². The van der Waals surface area contributed by atoms with Gasteiger partial charge in [-0.1, -0.05) is 0 Å². The van der Waals surface area contributed by atoms with Gasteiger partial charge in [0.25, 0.3) is 5.69 Å². The number of benzene rings is 1. The van der Waals surface area contributed by atoms with Gasteiger partial charge in [-0.25, -0.2) is 9.78 Å². The fourth-order valence-electron chi connectivity index (χ4n) is 1.65. The summed E-state index contributed by atoms with van der Waals surface area (Å²) in [4.78, 5) is 25.3. The second kappa shape index (κ2) is 6.11. The molecule has 0 bridgehead atoms. The first-order valence-electron chi connectivity index (χ1n) is 5.70. The van der Waals surface area contributed by atoms with E-state index in [1.807, 2.05) is 5.38 Å². The summed E-state index contributed by atoms with van der Waals surface area (Å²) in [5, 5.41) is 24.6. The third kappa shape index (κ3) is 3.29. The van der Waals surface area contributed by atoms with E-state index in [1.165, 1.54) is 23.5 Å². The molecule has 2 aromatic rings. The summed E-state index contributed by atoms with van der Waals surface area (Å²) >= 11 is 1.49. The van der Waals surface area contributed by atoms with Gasteiger partial charge in [-0.2, -0.15) is 0 Å². The zero-order chi connectivity index (χ0) is 14.5. The maximum Gasteiger partial charge on any atom is 0.335 e. The molecule has 0 saturated carbocycles. The van der Waals surface area contributed by atoms with E-state index < -0.39 is 10.9 Å². The second-order valence-corrected chi connectivity index (χ2v) is 4.67. The highest BCUT2D eigenvalue weighted by Crippen LogP contribution is 2.25. The summed E-state index contributed by atoms with van der Waals surface area (Å²) in [6, 6.07) is 3.79. The minimum Gasteiger partial charge on any atom is -0.478 e. The predicted molar refractivity (Wildman–Crippen MR) is 74.4 cm³/mol. The Bertz CT molecular complexity index is 628. The lowest BCUT2D eigenvalue weighted by molar-refractivity contribution is -0.384. The number of nitrogens with one attached hydrogen (secondary N) is 1. The monoisotopic (exact) mass is 293 g/mol. The molecule has 1 aromatic heterocycles. The maximum absolute atomic E-state index is 11.0. The van der Waals surface area contributed by atoms with E-state index in [1.54, 1.807) is 5.51 Å². The highest BCUT2D eigenvalue weighted by atomic mass is 32.1. The average molecular weight is 293 g/mol. The summed E-state index contributed by atoms with van der Waals surface area (Å²) in [6.45, 7) is 0.483. The van der Waals surface area contributed by atoms with Crippen LogP contribution in [0, 0.1) is 10.1 Å². The van der Waals surface area contributed by atoms with Gasteiger partial charge in [-0.05, 0) is 12.1 Å². The van der Waals surface area contributed by atoms with Gasteiger partial charge in [-0.15, -0.1) is 11.3 Å². The van der Waals surface area contributed by atoms with Crippen molar-refractivity contribution < 1.29 is 14.8 Å². The number of anilines is 1. The minimum absolute atomic E-state index is 0.109.